The molecule has 0 unspecified atom stereocenters. The molecule has 1 aliphatic rings. The van der Waals surface area contributed by atoms with E-state index in [2.05, 4.69) is 41.3 Å². The molecule has 1 atom stereocenters. The molecule has 4 aromatic rings. The molecule has 1 aromatic carbocycles. The van der Waals surface area contributed by atoms with E-state index in [-0.39, 0.29) is 11.2 Å². The molecule has 0 amide bonds. The van der Waals surface area contributed by atoms with E-state index in [9.17, 15) is 0 Å². The molecule has 178 valence electrons. The number of benzene rings is 1. The minimum Gasteiger partial charge on any atom is -0.364 e. The molecular weight excluding hydrogens is 435 g/mol. The molecule has 0 bridgehead atoms. The van der Waals surface area contributed by atoms with Crippen LogP contribution < -0.4 is 16.0 Å². The number of nitrogens with one attached hydrogen (secondary N) is 4. The normalized spacial score (nSPS) is 16.4. The van der Waals surface area contributed by atoms with Gasteiger partial charge in [-0.2, -0.15) is 10.1 Å². The average molecular weight is 465 g/mol. The van der Waals surface area contributed by atoms with Crippen LogP contribution in [0.25, 0.3) is 22.2 Å². The third kappa shape index (κ3) is 4.64. The van der Waals surface area contributed by atoms with Gasteiger partial charge in [0.1, 0.15) is 5.82 Å². The van der Waals surface area contributed by atoms with E-state index in [1.54, 1.807) is 18.3 Å². The predicted octanol–water partition coefficient (Wildman–Crippen LogP) is 3.51. The fraction of sp³-hybridized carbons (Fsp3) is 0.417. The zero-order chi connectivity index (χ0) is 23.7. The van der Waals surface area contributed by atoms with Crippen molar-refractivity contribution in [1.82, 2.24) is 36.0 Å². The summed E-state index contributed by atoms with van der Waals surface area (Å²) in [5.74, 6) is 1.60. The van der Waals surface area contributed by atoms with Crippen molar-refractivity contribution in [3.05, 3.63) is 53.6 Å². The lowest BCUT2D eigenvalue weighted by molar-refractivity contribution is 0.317. The van der Waals surface area contributed by atoms with Gasteiger partial charge in [0.05, 0.1) is 11.9 Å². The lowest BCUT2D eigenvalue weighted by atomic mass is 9.97. The van der Waals surface area contributed by atoms with Crippen molar-refractivity contribution < 1.29 is 8.91 Å². The standard InChI is InChI=1S/C24H29FN8O/c1-24(2,3)23-30-19(33-34-23)13-27-11-15-5-4-14(10-18(15)25)17-7-9-28-21-20(17)22(32-31-21)29-16-6-8-26-12-16/h4-5,7,9-10,16,26-27H,6,8,11-13H2,1-3H3,(H2,28,29,31,32)/t16-/m1/s1. The molecule has 3 aromatic heterocycles. The summed E-state index contributed by atoms with van der Waals surface area (Å²) in [6.07, 6.45) is 2.74. The van der Waals surface area contributed by atoms with Crippen molar-refractivity contribution in [2.24, 2.45) is 0 Å². The molecule has 1 aliphatic heterocycles. The maximum atomic E-state index is 15.0. The number of hydrogen-bond acceptors (Lipinski definition) is 8. The van der Waals surface area contributed by atoms with Gasteiger partial charge in [0.15, 0.2) is 17.3 Å². The van der Waals surface area contributed by atoms with Crippen LogP contribution in [0.1, 0.15) is 44.5 Å². The SMILES string of the molecule is CC(C)(C)c1nc(CNCc2ccc(-c3ccnc4[nH]nc(N[C@@H]5CCNC5)c34)cc2F)no1. The maximum absolute atomic E-state index is 15.0. The van der Waals surface area contributed by atoms with Crippen LogP contribution in [-0.2, 0) is 18.5 Å². The van der Waals surface area contributed by atoms with Gasteiger partial charge in [0.2, 0.25) is 5.89 Å². The molecule has 0 aliphatic carbocycles. The zero-order valence-corrected chi connectivity index (χ0v) is 19.6. The number of anilines is 1. The van der Waals surface area contributed by atoms with Crippen molar-refractivity contribution in [3.8, 4) is 11.1 Å². The Bertz CT molecular complexity index is 1290. The number of nitrogens with zero attached hydrogens (tertiary/aromatic N) is 4. The predicted molar refractivity (Wildman–Crippen MR) is 128 cm³/mol. The summed E-state index contributed by atoms with van der Waals surface area (Å²) in [5, 5.41) is 22.3. The Morgan fingerprint density at radius 2 is 2.09 bits per heavy atom. The zero-order valence-electron chi connectivity index (χ0n) is 19.6. The van der Waals surface area contributed by atoms with E-state index in [1.165, 1.54) is 0 Å². The smallest absolute Gasteiger partial charge is 0.232 e. The van der Waals surface area contributed by atoms with Gasteiger partial charge in [0, 0.05) is 36.3 Å². The van der Waals surface area contributed by atoms with E-state index >= 15 is 4.39 Å². The van der Waals surface area contributed by atoms with Crippen LogP contribution in [0.5, 0.6) is 0 Å². The summed E-state index contributed by atoms with van der Waals surface area (Å²) in [5.41, 5.74) is 2.69. The van der Waals surface area contributed by atoms with Crippen LogP contribution in [0.2, 0.25) is 0 Å². The van der Waals surface area contributed by atoms with Gasteiger partial charge in [-0.15, -0.1) is 0 Å². The second-order valence-electron chi connectivity index (χ2n) is 9.66. The number of pyridine rings is 1. The molecule has 34 heavy (non-hydrogen) atoms. The van der Waals surface area contributed by atoms with Crippen LogP contribution in [0.4, 0.5) is 10.2 Å². The fourth-order valence-corrected chi connectivity index (χ4v) is 4.06. The summed E-state index contributed by atoms with van der Waals surface area (Å²) in [6, 6.07) is 7.49. The number of rotatable bonds is 7. The third-order valence-electron chi connectivity index (χ3n) is 5.93. The van der Waals surface area contributed by atoms with E-state index in [4.69, 9.17) is 4.52 Å². The minimum absolute atomic E-state index is 0.204. The van der Waals surface area contributed by atoms with E-state index < -0.39 is 0 Å². The first-order valence-electron chi connectivity index (χ1n) is 11.5. The van der Waals surface area contributed by atoms with E-state index in [1.807, 2.05) is 32.9 Å². The van der Waals surface area contributed by atoms with Crippen molar-refractivity contribution in [1.29, 1.82) is 0 Å². The number of fused-ring (bicyclic) bond motifs is 1. The number of aromatic nitrogens is 5. The van der Waals surface area contributed by atoms with E-state index in [0.29, 0.717) is 42.1 Å². The molecule has 0 spiro atoms. The number of aromatic amines is 1. The largest absolute Gasteiger partial charge is 0.364 e. The molecule has 4 heterocycles. The highest BCUT2D eigenvalue weighted by atomic mass is 19.1. The molecule has 1 fully saturated rings. The Labute approximate surface area is 196 Å². The lowest BCUT2D eigenvalue weighted by Crippen LogP contribution is -2.22. The Kier molecular flexibility index (Phi) is 6.01. The van der Waals surface area contributed by atoms with Crippen molar-refractivity contribution in [2.45, 2.75) is 51.7 Å². The average Bonchev–Trinajstić information content (AvgIpc) is 3.56. The molecule has 0 saturated carbocycles. The summed E-state index contributed by atoms with van der Waals surface area (Å²) in [4.78, 5) is 8.79. The monoisotopic (exact) mass is 464 g/mol. The van der Waals surface area contributed by atoms with Gasteiger partial charge >= 0.3 is 0 Å². The highest BCUT2D eigenvalue weighted by Crippen LogP contribution is 2.33. The van der Waals surface area contributed by atoms with Crippen LogP contribution in [0.15, 0.2) is 35.0 Å². The van der Waals surface area contributed by atoms with Gasteiger partial charge in [0.25, 0.3) is 0 Å². The lowest BCUT2D eigenvalue weighted by Gasteiger charge is -2.12. The second-order valence-corrected chi connectivity index (χ2v) is 9.66. The molecule has 0 radical (unpaired) electrons. The van der Waals surface area contributed by atoms with Crippen molar-refractivity contribution in [2.75, 3.05) is 18.4 Å². The summed E-state index contributed by atoms with van der Waals surface area (Å²) < 4.78 is 20.3. The quantitative estimate of drug-likeness (QED) is 0.328. The third-order valence-corrected chi connectivity index (χ3v) is 5.93. The van der Waals surface area contributed by atoms with Gasteiger partial charge in [-0.3, -0.25) is 5.10 Å². The number of halogens is 1. The Morgan fingerprint density at radius 1 is 1.21 bits per heavy atom. The first kappa shape index (κ1) is 22.4. The highest BCUT2D eigenvalue weighted by Gasteiger charge is 2.22. The van der Waals surface area contributed by atoms with Crippen LogP contribution >= 0.6 is 0 Å². The minimum atomic E-state index is -0.281. The summed E-state index contributed by atoms with van der Waals surface area (Å²) in [6.45, 7) is 8.66. The van der Waals surface area contributed by atoms with Gasteiger partial charge in [-0.05, 0) is 36.2 Å². The van der Waals surface area contributed by atoms with Gasteiger partial charge in [-0.1, -0.05) is 38.1 Å². The summed E-state index contributed by atoms with van der Waals surface area (Å²) >= 11 is 0. The van der Waals surface area contributed by atoms with Crippen molar-refractivity contribution >= 4 is 16.9 Å². The maximum Gasteiger partial charge on any atom is 0.232 e. The molecule has 5 rings (SSSR count). The van der Waals surface area contributed by atoms with Crippen molar-refractivity contribution in [3.63, 3.8) is 0 Å². The fourth-order valence-electron chi connectivity index (χ4n) is 4.06. The van der Waals surface area contributed by atoms with Crippen LogP contribution in [0, 0.1) is 5.82 Å². The number of hydrogen-bond donors (Lipinski definition) is 4. The van der Waals surface area contributed by atoms with Crippen LogP contribution in [-0.4, -0.2) is 44.5 Å². The Hall–Kier alpha value is -3.37. The second kappa shape index (κ2) is 9.11. The highest BCUT2D eigenvalue weighted by molar-refractivity contribution is 6.00. The van der Waals surface area contributed by atoms with Gasteiger partial charge in [-0.25, -0.2) is 9.37 Å². The molecule has 9 nitrogen and oxygen atoms in total. The van der Waals surface area contributed by atoms with E-state index in [0.717, 1.165) is 41.8 Å². The van der Waals surface area contributed by atoms with Crippen LogP contribution in [0.3, 0.4) is 0 Å². The molecule has 4 N–H and O–H groups in total. The first-order valence-corrected chi connectivity index (χ1v) is 11.5. The van der Waals surface area contributed by atoms with Gasteiger partial charge < -0.3 is 20.5 Å². The molecule has 10 heteroatoms. The Morgan fingerprint density at radius 3 is 2.82 bits per heavy atom. The first-order chi connectivity index (χ1) is 16.4. The summed E-state index contributed by atoms with van der Waals surface area (Å²) in [7, 11) is 0. The number of H-pyrrole nitrogens is 1. The molecule has 1 saturated heterocycles. The molecular formula is C24H29FN8O. The Balaban J connectivity index is 1.31. The topological polar surface area (TPSA) is 117 Å².